The lowest BCUT2D eigenvalue weighted by Crippen LogP contribution is -1.98. The lowest BCUT2D eigenvalue weighted by Gasteiger charge is -2.05. The molecule has 134 valence electrons. The number of ether oxygens (including phenoxy) is 1. The first kappa shape index (κ1) is 16.8. The quantitative estimate of drug-likeness (QED) is 0.497. The monoisotopic (exact) mass is 362 g/mol. The molecule has 0 amide bonds. The molecule has 7 nitrogen and oxygen atoms in total. The standard InChI is InChI=1S/C19H15FN6O/c1-27-16-4-2-3-15(9-16)26-19-17(11-24-26)18(21-12-22-19)25-23-10-13-5-7-14(20)8-6-13/h2-9,11-12H,10H2,1H3. The van der Waals surface area contributed by atoms with Gasteiger partial charge in [0.1, 0.15) is 17.9 Å². The van der Waals surface area contributed by atoms with Gasteiger partial charge >= 0.3 is 0 Å². The minimum atomic E-state index is -0.279. The Morgan fingerprint density at radius 2 is 1.96 bits per heavy atom. The van der Waals surface area contributed by atoms with E-state index in [-0.39, 0.29) is 5.82 Å². The fourth-order valence-electron chi connectivity index (χ4n) is 2.62. The van der Waals surface area contributed by atoms with Gasteiger partial charge in [-0.15, -0.1) is 5.11 Å². The lowest BCUT2D eigenvalue weighted by molar-refractivity contribution is 0.414. The molecule has 2 aromatic heterocycles. The summed E-state index contributed by atoms with van der Waals surface area (Å²) in [6.07, 6.45) is 3.08. The van der Waals surface area contributed by atoms with Crippen LogP contribution in [0.5, 0.6) is 5.75 Å². The number of fused-ring (bicyclic) bond motifs is 1. The summed E-state index contributed by atoms with van der Waals surface area (Å²) in [5.41, 5.74) is 2.30. The summed E-state index contributed by atoms with van der Waals surface area (Å²) in [7, 11) is 1.61. The Kier molecular flexibility index (Phi) is 4.52. The van der Waals surface area contributed by atoms with Crippen LogP contribution in [0.2, 0.25) is 0 Å². The molecule has 0 aliphatic rings. The third-order valence-corrected chi connectivity index (χ3v) is 3.97. The lowest BCUT2D eigenvalue weighted by atomic mass is 10.2. The van der Waals surface area contributed by atoms with Gasteiger partial charge in [-0.3, -0.25) is 0 Å². The molecule has 0 saturated carbocycles. The molecule has 0 unspecified atom stereocenters. The molecule has 0 spiro atoms. The van der Waals surface area contributed by atoms with E-state index in [1.807, 2.05) is 24.3 Å². The number of aromatic nitrogens is 4. The summed E-state index contributed by atoms with van der Waals surface area (Å²) >= 11 is 0. The molecule has 0 aliphatic heterocycles. The third-order valence-electron chi connectivity index (χ3n) is 3.97. The summed E-state index contributed by atoms with van der Waals surface area (Å²) in [6, 6.07) is 13.6. The molecule has 0 fully saturated rings. The van der Waals surface area contributed by atoms with Crippen LogP contribution in [-0.2, 0) is 6.54 Å². The van der Waals surface area contributed by atoms with Crippen molar-refractivity contribution in [1.82, 2.24) is 19.7 Å². The zero-order valence-electron chi connectivity index (χ0n) is 14.5. The van der Waals surface area contributed by atoms with E-state index in [9.17, 15) is 4.39 Å². The first-order valence-corrected chi connectivity index (χ1v) is 8.20. The summed E-state index contributed by atoms with van der Waals surface area (Å²) < 4.78 is 19.9. The van der Waals surface area contributed by atoms with Gasteiger partial charge < -0.3 is 4.74 Å². The molecule has 8 heteroatoms. The number of hydrogen-bond donors (Lipinski definition) is 0. The van der Waals surface area contributed by atoms with Crippen molar-refractivity contribution in [3.05, 3.63) is 72.4 Å². The zero-order valence-corrected chi connectivity index (χ0v) is 14.5. The highest BCUT2D eigenvalue weighted by atomic mass is 19.1. The second-order valence-corrected chi connectivity index (χ2v) is 5.72. The largest absolute Gasteiger partial charge is 0.497 e. The van der Waals surface area contributed by atoms with Gasteiger partial charge in [0.25, 0.3) is 0 Å². The Labute approximate surface area is 154 Å². The Bertz CT molecular complexity index is 1110. The maximum atomic E-state index is 13.0. The van der Waals surface area contributed by atoms with Gasteiger partial charge in [0.15, 0.2) is 11.5 Å². The molecule has 0 N–H and O–H groups in total. The van der Waals surface area contributed by atoms with E-state index in [1.165, 1.54) is 18.5 Å². The van der Waals surface area contributed by atoms with Crippen LogP contribution in [0.3, 0.4) is 0 Å². The van der Waals surface area contributed by atoms with Crippen molar-refractivity contribution in [1.29, 1.82) is 0 Å². The van der Waals surface area contributed by atoms with E-state index in [4.69, 9.17) is 4.74 Å². The van der Waals surface area contributed by atoms with Crippen molar-refractivity contribution in [3.63, 3.8) is 0 Å². The molecule has 0 bridgehead atoms. The second kappa shape index (κ2) is 7.28. The minimum absolute atomic E-state index is 0.279. The van der Waals surface area contributed by atoms with Crippen LogP contribution in [0.1, 0.15) is 5.56 Å². The van der Waals surface area contributed by atoms with Gasteiger partial charge in [0.2, 0.25) is 0 Å². The molecule has 4 aromatic rings. The van der Waals surface area contributed by atoms with Gasteiger partial charge in [-0.2, -0.15) is 10.2 Å². The predicted octanol–water partition coefficient (Wildman–Crippen LogP) is 4.25. The maximum absolute atomic E-state index is 13.0. The number of rotatable bonds is 5. The summed E-state index contributed by atoms with van der Waals surface area (Å²) in [6.45, 7) is 0.329. The van der Waals surface area contributed by atoms with Crippen molar-refractivity contribution in [2.45, 2.75) is 6.54 Å². The van der Waals surface area contributed by atoms with Crippen LogP contribution < -0.4 is 4.74 Å². The molecule has 0 aliphatic carbocycles. The molecule has 27 heavy (non-hydrogen) atoms. The number of halogens is 1. The van der Waals surface area contributed by atoms with E-state index in [0.29, 0.717) is 23.4 Å². The molecular weight excluding hydrogens is 347 g/mol. The van der Waals surface area contributed by atoms with Gasteiger partial charge in [-0.25, -0.2) is 19.0 Å². The Morgan fingerprint density at radius 1 is 1.11 bits per heavy atom. The molecule has 2 aromatic carbocycles. The minimum Gasteiger partial charge on any atom is -0.497 e. The van der Waals surface area contributed by atoms with Crippen LogP contribution in [0.4, 0.5) is 10.2 Å². The third kappa shape index (κ3) is 3.50. The highest BCUT2D eigenvalue weighted by molar-refractivity contribution is 5.85. The number of methoxy groups -OCH3 is 1. The normalized spacial score (nSPS) is 11.3. The Hall–Kier alpha value is -3.68. The Morgan fingerprint density at radius 3 is 2.78 bits per heavy atom. The summed E-state index contributed by atoms with van der Waals surface area (Å²) in [4.78, 5) is 8.50. The van der Waals surface area contributed by atoms with Crippen LogP contribution >= 0.6 is 0 Å². The van der Waals surface area contributed by atoms with Crippen molar-refractivity contribution >= 4 is 16.9 Å². The van der Waals surface area contributed by atoms with E-state index in [0.717, 1.165) is 17.0 Å². The first-order valence-electron chi connectivity index (χ1n) is 8.20. The van der Waals surface area contributed by atoms with Gasteiger partial charge in [-0.05, 0) is 29.8 Å². The fraction of sp³-hybridized carbons (Fsp3) is 0.105. The number of benzene rings is 2. The highest BCUT2D eigenvalue weighted by Gasteiger charge is 2.11. The van der Waals surface area contributed by atoms with Crippen molar-refractivity contribution in [3.8, 4) is 11.4 Å². The average molecular weight is 362 g/mol. The summed E-state index contributed by atoms with van der Waals surface area (Å²) in [5, 5.41) is 13.4. The van der Waals surface area contributed by atoms with Crippen LogP contribution in [0.25, 0.3) is 16.7 Å². The smallest absolute Gasteiger partial charge is 0.188 e. The van der Waals surface area contributed by atoms with Gasteiger partial charge in [0, 0.05) is 6.07 Å². The molecule has 0 atom stereocenters. The number of nitrogens with zero attached hydrogens (tertiary/aromatic N) is 6. The van der Waals surface area contributed by atoms with E-state index >= 15 is 0 Å². The van der Waals surface area contributed by atoms with Gasteiger partial charge in [0.05, 0.1) is 30.9 Å². The van der Waals surface area contributed by atoms with Crippen LogP contribution in [0.15, 0.2) is 71.3 Å². The first-order chi connectivity index (χ1) is 13.2. The number of hydrogen-bond acceptors (Lipinski definition) is 6. The second-order valence-electron chi connectivity index (χ2n) is 5.72. The van der Waals surface area contributed by atoms with E-state index in [2.05, 4.69) is 25.3 Å². The molecule has 2 heterocycles. The van der Waals surface area contributed by atoms with Crippen LogP contribution in [-0.4, -0.2) is 26.9 Å². The fourth-order valence-corrected chi connectivity index (χ4v) is 2.62. The molecule has 0 radical (unpaired) electrons. The molecule has 4 rings (SSSR count). The molecular formula is C19H15FN6O. The Balaban J connectivity index is 1.64. The van der Waals surface area contributed by atoms with Crippen LogP contribution in [0, 0.1) is 5.82 Å². The van der Waals surface area contributed by atoms with Crippen molar-refractivity contribution in [2.75, 3.05) is 7.11 Å². The maximum Gasteiger partial charge on any atom is 0.188 e. The molecule has 0 saturated heterocycles. The number of azo groups is 1. The van der Waals surface area contributed by atoms with Crippen molar-refractivity contribution in [2.24, 2.45) is 10.2 Å². The summed E-state index contributed by atoms with van der Waals surface area (Å²) in [5.74, 6) is 0.874. The predicted molar refractivity (Wildman–Crippen MR) is 97.8 cm³/mol. The van der Waals surface area contributed by atoms with Gasteiger partial charge in [-0.1, -0.05) is 18.2 Å². The SMILES string of the molecule is COc1cccc(-n2ncc3c(N=NCc4ccc(F)cc4)ncnc32)c1. The zero-order chi connectivity index (χ0) is 18.6. The van der Waals surface area contributed by atoms with E-state index in [1.54, 1.807) is 30.1 Å². The average Bonchev–Trinajstić information content (AvgIpc) is 3.14. The topological polar surface area (TPSA) is 77.5 Å². The highest BCUT2D eigenvalue weighted by Crippen LogP contribution is 2.25. The van der Waals surface area contributed by atoms with Crippen molar-refractivity contribution < 1.29 is 9.13 Å². The van der Waals surface area contributed by atoms with E-state index < -0.39 is 0 Å².